The molecule has 0 saturated carbocycles. The van der Waals surface area contributed by atoms with E-state index in [2.05, 4.69) is 20.9 Å². The first kappa shape index (κ1) is 9.25. The summed E-state index contributed by atoms with van der Waals surface area (Å²) in [6.07, 6.45) is 1.65. The predicted molar refractivity (Wildman–Crippen MR) is 51.0 cm³/mol. The second-order valence-electron chi connectivity index (χ2n) is 2.76. The van der Waals surface area contributed by atoms with Crippen LogP contribution in [0.3, 0.4) is 0 Å². The second kappa shape index (κ2) is 3.26. The minimum absolute atomic E-state index is 0.0990. The van der Waals surface area contributed by atoms with E-state index in [1.165, 1.54) is 4.57 Å². The van der Waals surface area contributed by atoms with Gasteiger partial charge in [0.05, 0.1) is 4.47 Å². The van der Waals surface area contributed by atoms with Gasteiger partial charge in [-0.3, -0.25) is 4.57 Å². The Kier molecular flexibility index (Phi) is 2.52. The summed E-state index contributed by atoms with van der Waals surface area (Å²) < 4.78 is 2.16. The van der Waals surface area contributed by atoms with Crippen molar-refractivity contribution in [2.75, 3.05) is 5.73 Å². The van der Waals surface area contributed by atoms with Crippen molar-refractivity contribution in [3.05, 3.63) is 21.2 Å². The summed E-state index contributed by atoms with van der Waals surface area (Å²) >= 11 is 3.20. The normalized spacial score (nSPS) is 10.7. The zero-order chi connectivity index (χ0) is 9.30. The Balaban J connectivity index is 3.33. The Bertz CT molecular complexity index is 345. The van der Waals surface area contributed by atoms with Crippen molar-refractivity contribution in [1.29, 1.82) is 0 Å². The second-order valence-corrected chi connectivity index (χ2v) is 3.61. The van der Waals surface area contributed by atoms with Crippen molar-refractivity contribution in [2.45, 2.75) is 19.9 Å². The van der Waals surface area contributed by atoms with Gasteiger partial charge in [0.2, 0.25) is 0 Å². The van der Waals surface area contributed by atoms with Crippen LogP contribution in [-0.2, 0) is 0 Å². The van der Waals surface area contributed by atoms with Gasteiger partial charge >= 0.3 is 5.69 Å². The molecule has 0 atom stereocenters. The van der Waals surface area contributed by atoms with Gasteiger partial charge in [-0.25, -0.2) is 4.79 Å². The lowest BCUT2D eigenvalue weighted by Crippen LogP contribution is -2.25. The van der Waals surface area contributed by atoms with E-state index in [1.807, 2.05) is 13.8 Å². The fourth-order valence-electron chi connectivity index (χ4n) is 0.828. The molecule has 66 valence electrons. The number of nitrogens with zero attached hydrogens (tertiary/aromatic N) is 2. The van der Waals surface area contributed by atoms with Gasteiger partial charge in [-0.15, -0.1) is 0 Å². The minimum Gasteiger partial charge on any atom is -0.383 e. The van der Waals surface area contributed by atoms with E-state index < -0.39 is 0 Å². The molecular weight excluding hydrogens is 222 g/mol. The van der Waals surface area contributed by atoms with Gasteiger partial charge in [0.1, 0.15) is 5.82 Å². The predicted octanol–water partition coefficient (Wildman–Crippen LogP) is 1.17. The molecule has 0 aliphatic heterocycles. The summed E-state index contributed by atoms with van der Waals surface area (Å²) in [5.74, 6) is 0.233. The van der Waals surface area contributed by atoms with Crippen molar-refractivity contribution in [3.63, 3.8) is 0 Å². The van der Waals surface area contributed by atoms with Gasteiger partial charge in [0, 0.05) is 12.2 Å². The summed E-state index contributed by atoms with van der Waals surface area (Å²) in [6, 6.07) is 0.0990. The lowest BCUT2D eigenvalue weighted by molar-refractivity contribution is 0.563. The van der Waals surface area contributed by atoms with Gasteiger partial charge < -0.3 is 5.73 Å². The van der Waals surface area contributed by atoms with Crippen LogP contribution in [0.15, 0.2) is 15.5 Å². The summed E-state index contributed by atoms with van der Waals surface area (Å²) in [6.45, 7) is 3.82. The fraction of sp³-hybridized carbons (Fsp3) is 0.429. The third kappa shape index (κ3) is 1.66. The first-order valence-electron chi connectivity index (χ1n) is 3.56. The molecule has 2 N–H and O–H groups in total. The van der Waals surface area contributed by atoms with Crippen molar-refractivity contribution < 1.29 is 0 Å². The van der Waals surface area contributed by atoms with Crippen LogP contribution in [0, 0.1) is 0 Å². The monoisotopic (exact) mass is 231 g/mol. The zero-order valence-corrected chi connectivity index (χ0v) is 8.50. The molecule has 0 aliphatic carbocycles. The number of nitrogen functional groups attached to an aromatic ring is 1. The van der Waals surface area contributed by atoms with Crippen LogP contribution in [0.4, 0.5) is 5.82 Å². The number of hydrogen-bond donors (Lipinski definition) is 1. The molecule has 0 bridgehead atoms. The third-order valence-corrected chi connectivity index (χ3v) is 2.10. The average Bonchev–Trinajstić information content (AvgIpc) is 1.96. The molecule has 0 amide bonds. The average molecular weight is 232 g/mol. The highest BCUT2D eigenvalue weighted by molar-refractivity contribution is 9.10. The molecule has 1 heterocycles. The van der Waals surface area contributed by atoms with E-state index in [1.54, 1.807) is 6.20 Å². The highest BCUT2D eigenvalue weighted by atomic mass is 79.9. The van der Waals surface area contributed by atoms with Crippen LogP contribution in [0.2, 0.25) is 0 Å². The largest absolute Gasteiger partial charge is 0.383 e. The Hall–Kier alpha value is -0.840. The molecule has 0 aromatic carbocycles. The van der Waals surface area contributed by atoms with E-state index in [4.69, 9.17) is 5.73 Å². The van der Waals surface area contributed by atoms with Gasteiger partial charge in [-0.1, -0.05) is 0 Å². The molecule has 12 heavy (non-hydrogen) atoms. The number of aromatic nitrogens is 2. The number of hydrogen-bond acceptors (Lipinski definition) is 3. The topological polar surface area (TPSA) is 60.9 Å². The lowest BCUT2D eigenvalue weighted by atomic mass is 10.4. The van der Waals surface area contributed by atoms with E-state index in [0.717, 1.165) is 0 Å². The molecule has 0 unspecified atom stereocenters. The highest BCUT2D eigenvalue weighted by Gasteiger charge is 2.05. The number of rotatable bonds is 1. The fourth-order valence-corrected chi connectivity index (χ4v) is 1.14. The van der Waals surface area contributed by atoms with Crippen LogP contribution in [0.1, 0.15) is 19.9 Å². The van der Waals surface area contributed by atoms with E-state index in [-0.39, 0.29) is 17.5 Å². The van der Waals surface area contributed by atoms with E-state index in [9.17, 15) is 4.79 Å². The molecule has 0 saturated heterocycles. The molecule has 1 rings (SSSR count). The number of nitrogens with two attached hydrogens (primary N) is 1. The van der Waals surface area contributed by atoms with E-state index >= 15 is 0 Å². The molecule has 4 nitrogen and oxygen atoms in total. The SMILES string of the molecule is CC(C)n1cc(Br)c(N)nc1=O. The molecular formula is C7H10BrN3O. The summed E-state index contributed by atoms with van der Waals surface area (Å²) in [7, 11) is 0. The Morgan fingerprint density at radius 1 is 1.67 bits per heavy atom. The van der Waals surface area contributed by atoms with Crippen LogP contribution in [0.5, 0.6) is 0 Å². The maximum Gasteiger partial charge on any atom is 0.349 e. The van der Waals surface area contributed by atoms with Crippen molar-refractivity contribution in [3.8, 4) is 0 Å². The number of anilines is 1. The van der Waals surface area contributed by atoms with Crippen LogP contribution >= 0.6 is 15.9 Å². The maximum atomic E-state index is 11.2. The smallest absolute Gasteiger partial charge is 0.349 e. The molecule has 0 radical (unpaired) electrons. The minimum atomic E-state index is -0.314. The molecule has 0 spiro atoms. The first-order chi connectivity index (χ1) is 5.52. The summed E-state index contributed by atoms with van der Waals surface area (Å²) in [5.41, 5.74) is 5.10. The molecule has 0 fully saturated rings. The molecule has 1 aromatic heterocycles. The van der Waals surface area contributed by atoms with Crippen molar-refractivity contribution >= 4 is 21.7 Å². The first-order valence-corrected chi connectivity index (χ1v) is 4.36. The quantitative estimate of drug-likeness (QED) is 0.790. The molecule has 5 heteroatoms. The Morgan fingerprint density at radius 3 is 2.75 bits per heavy atom. The highest BCUT2D eigenvalue weighted by Crippen LogP contribution is 2.14. The van der Waals surface area contributed by atoms with Gasteiger partial charge in [0.25, 0.3) is 0 Å². The summed E-state index contributed by atoms with van der Waals surface area (Å²) in [4.78, 5) is 14.8. The van der Waals surface area contributed by atoms with Crippen LogP contribution < -0.4 is 11.4 Å². The van der Waals surface area contributed by atoms with Gasteiger partial charge in [-0.2, -0.15) is 4.98 Å². The van der Waals surface area contributed by atoms with Crippen LogP contribution in [0.25, 0.3) is 0 Å². The Labute approximate surface area is 78.5 Å². The van der Waals surface area contributed by atoms with Gasteiger partial charge in [0.15, 0.2) is 0 Å². The molecule has 0 aliphatic rings. The maximum absolute atomic E-state index is 11.2. The van der Waals surface area contributed by atoms with Crippen molar-refractivity contribution in [2.24, 2.45) is 0 Å². The molecule has 1 aromatic rings. The lowest BCUT2D eigenvalue weighted by Gasteiger charge is -2.09. The van der Waals surface area contributed by atoms with Gasteiger partial charge in [-0.05, 0) is 29.8 Å². The zero-order valence-electron chi connectivity index (χ0n) is 6.91. The number of halogens is 1. The Morgan fingerprint density at radius 2 is 2.25 bits per heavy atom. The van der Waals surface area contributed by atoms with Crippen LogP contribution in [-0.4, -0.2) is 9.55 Å². The third-order valence-electron chi connectivity index (χ3n) is 1.49. The van der Waals surface area contributed by atoms with Crippen molar-refractivity contribution in [1.82, 2.24) is 9.55 Å². The van der Waals surface area contributed by atoms with E-state index in [0.29, 0.717) is 4.47 Å². The standard InChI is InChI=1S/C7H10BrN3O/c1-4(2)11-3-5(8)6(9)10-7(11)12/h3-4H,1-2H3,(H2,9,10,12). The summed E-state index contributed by atoms with van der Waals surface area (Å²) in [5, 5.41) is 0.